The second-order valence-corrected chi connectivity index (χ2v) is 10.1. The molecule has 0 saturated carbocycles. The Labute approximate surface area is 205 Å². The van der Waals surface area contributed by atoms with Gasteiger partial charge in [0.2, 0.25) is 0 Å². The van der Waals surface area contributed by atoms with E-state index in [2.05, 4.69) is 37.5 Å². The van der Waals surface area contributed by atoms with E-state index in [1.165, 1.54) is 0 Å². The lowest BCUT2D eigenvalue weighted by molar-refractivity contribution is -0.413. The molecule has 0 amide bonds. The van der Waals surface area contributed by atoms with Gasteiger partial charge in [-0.25, -0.2) is 0 Å². The molecule has 1 aromatic carbocycles. The van der Waals surface area contributed by atoms with Crippen LogP contribution in [0.2, 0.25) is 0 Å². The maximum atomic E-state index is 13.1. The Bertz CT molecular complexity index is 643. The van der Waals surface area contributed by atoms with Crippen molar-refractivity contribution in [2.24, 2.45) is 17.8 Å². The van der Waals surface area contributed by atoms with Crippen molar-refractivity contribution in [3.63, 3.8) is 0 Å². The van der Waals surface area contributed by atoms with Gasteiger partial charge in [0.1, 0.15) is 0 Å². The smallest absolute Gasteiger partial charge is 0.150 e. The lowest BCUT2D eigenvalue weighted by Crippen LogP contribution is -2.62. The van der Waals surface area contributed by atoms with E-state index in [4.69, 9.17) is 0 Å². The molecule has 0 aliphatic rings. The molecule has 32 heavy (non-hydrogen) atoms. The van der Waals surface area contributed by atoms with Crippen molar-refractivity contribution in [1.82, 2.24) is 5.32 Å². The molecule has 0 unspecified atom stereocenters. The zero-order valence-corrected chi connectivity index (χ0v) is 20.9. The molecule has 0 saturated heterocycles. The molecule has 0 heterocycles. The van der Waals surface area contributed by atoms with Crippen molar-refractivity contribution in [3.8, 4) is 0 Å². The molecule has 0 spiro atoms. The van der Waals surface area contributed by atoms with Gasteiger partial charge in [-0.3, -0.25) is 4.79 Å². The summed E-state index contributed by atoms with van der Waals surface area (Å²) >= 11 is 5.92. The maximum absolute atomic E-state index is 13.1. The highest BCUT2D eigenvalue weighted by Crippen LogP contribution is 2.19. The number of carbonyl (C=O) groups excluding carboxylic acids is 2. The van der Waals surface area contributed by atoms with Crippen LogP contribution in [0.4, 0.5) is 0 Å². The summed E-state index contributed by atoms with van der Waals surface area (Å²) in [5.41, 5.74) is 5.19. The number of aliphatic carboxylic acids is 1. The average Bonchev–Trinajstić information content (AvgIpc) is 2.75. The minimum atomic E-state index is -1.13. The third kappa shape index (κ3) is 12.3. The summed E-state index contributed by atoms with van der Waals surface area (Å²) in [6.45, 7) is 5.13. The van der Waals surface area contributed by atoms with Crippen LogP contribution in [0, 0.1) is 17.8 Å². The summed E-state index contributed by atoms with van der Waals surface area (Å²) in [6.07, 6.45) is 5.00. The zero-order valence-electron chi connectivity index (χ0n) is 19.2. The first-order valence-corrected chi connectivity index (χ1v) is 13.2. The number of quaternary nitrogens is 1. The van der Waals surface area contributed by atoms with E-state index in [0.29, 0.717) is 36.5 Å². The van der Waals surface area contributed by atoms with Crippen LogP contribution in [0.1, 0.15) is 52.5 Å². The lowest BCUT2D eigenvalue weighted by atomic mass is 9.88. The van der Waals surface area contributed by atoms with E-state index >= 15 is 0 Å². The Morgan fingerprint density at radius 1 is 1.16 bits per heavy atom. The van der Waals surface area contributed by atoms with Gasteiger partial charge in [0.15, 0.2) is 5.78 Å². The minimum Gasteiger partial charge on any atom is -0.550 e. The topological polar surface area (TPSA) is 96.9 Å². The minimum absolute atomic E-state index is 0. The summed E-state index contributed by atoms with van der Waals surface area (Å²) in [6, 6.07) is 9.81. The fourth-order valence-electron chi connectivity index (χ4n) is 3.60. The Morgan fingerprint density at radius 3 is 2.34 bits per heavy atom. The molecule has 184 valence electrons. The Kier molecular flexibility index (Phi) is 16.9. The SMILES string of the molecule is C.CSCC[C@H](CC(=O)[C@H](Cc1ccccc1)NC[C@@H](CC[C@@H]([NH3+])CS)C(C)C)C(=O)[O-]. The van der Waals surface area contributed by atoms with Crippen molar-refractivity contribution in [3.05, 3.63) is 35.9 Å². The molecule has 0 bridgehead atoms. The number of Topliss-reactive ketones (excluding diaryl/α,β-unsaturated/α-hetero) is 1. The first-order chi connectivity index (χ1) is 14.8. The van der Waals surface area contributed by atoms with Gasteiger partial charge in [0, 0.05) is 30.5 Å². The highest BCUT2D eigenvalue weighted by molar-refractivity contribution is 7.98. The fraction of sp³-hybridized carbons (Fsp3) is 0.680. The van der Waals surface area contributed by atoms with Crippen molar-refractivity contribution in [2.45, 2.75) is 65.5 Å². The molecule has 0 aliphatic carbocycles. The molecule has 4 atom stereocenters. The standard InChI is InChI=1S/C24H40N2O3S2.CH4/c1-17(2)20(9-10-21(25)16-30)15-26-22(13-18-7-5-4-6-8-18)23(27)14-19(24(28)29)11-12-31-3;/h4-8,17,19-22,26,30H,9-16,25H2,1-3H3,(H,28,29);1H4/t19-,20-,21-,22+;/m1./s1. The lowest BCUT2D eigenvalue weighted by Gasteiger charge is -2.27. The quantitative estimate of drug-likeness (QED) is 0.295. The number of carboxylic acid groups (broad SMARTS) is 1. The van der Waals surface area contributed by atoms with Gasteiger partial charge in [-0.05, 0) is 55.2 Å². The number of benzene rings is 1. The molecular weight excluding hydrogens is 440 g/mol. The van der Waals surface area contributed by atoms with E-state index in [-0.39, 0.29) is 19.6 Å². The predicted molar refractivity (Wildman–Crippen MR) is 138 cm³/mol. The number of thiol groups is 1. The summed E-state index contributed by atoms with van der Waals surface area (Å²) in [5.74, 6) is 0.460. The Balaban J connectivity index is 0.00000961. The molecule has 5 nitrogen and oxygen atoms in total. The normalized spacial score (nSPS) is 14.9. The molecule has 7 heteroatoms. The van der Waals surface area contributed by atoms with Gasteiger partial charge < -0.3 is 21.0 Å². The third-order valence-electron chi connectivity index (χ3n) is 5.90. The van der Waals surface area contributed by atoms with Gasteiger partial charge in [-0.2, -0.15) is 24.4 Å². The van der Waals surface area contributed by atoms with E-state index in [9.17, 15) is 14.7 Å². The summed E-state index contributed by atoms with van der Waals surface area (Å²) in [7, 11) is 0. The van der Waals surface area contributed by atoms with Crippen LogP contribution in [0.15, 0.2) is 30.3 Å². The molecule has 0 aromatic heterocycles. The van der Waals surface area contributed by atoms with Gasteiger partial charge >= 0.3 is 0 Å². The predicted octanol–water partition coefficient (Wildman–Crippen LogP) is 2.49. The number of rotatable bonds is 17. The van der Waals surface area contributed by atoms with Crippen LogP contribution in [0.3, 0.4) is 0 Å². The van der Waals surface area contributed by atoms with Gasteiger partial charge in [-0.15, -0.1) is 0 Å². The van der Waals surface area contributed by atoms with Crippen LogP contribution in [0.5, 0.6) is 0 Å². The number of carbonyl (C=O) groups is 2. The monoisotopic (exact) mass is 484 g/mol. The number of nitrogens with one attached hydrogen (secondary N) is 1. The van der Waals surface area contributed by atoms with E-state index in [0.717, 1.165) is 30.7 Å². The number of hydrogen-bond acceptors (Lipinski definition) is 6. The van der Waals surface area contributed by atoms with E-state index in [1.807, 2.05) is 36.6 Å². The van der Waals surface area contributed by atoms with E-state index < -0.39 is 17.9 Å². The molecule has 0 fully saturated rings. The number of carboxylic acids is 1. The Morgan fingerprint density at radius 2 is 1.81 bits per heavy atom. The first kappa shape index (κ1) is 31.0. The molecule has 1 aromatic rings. The fourth-order valence-corrected chi connectivity index (χ4v) is 4.31. The highest BCUT2D eigenvalue weighted by atomic mass is 32.2. The molecule has 0 aliphatic heterocycles. The summed E-state index contributed by atoms with van der Waals surface area (Å²) in [5, 5.41) is 15.0. The molecule has 0 radical (unpaired) electrons. The summed E-state index contributed by atoms with van der Waals surface area (Å²) in [4.78, 5) is 24.7. The first-order valence-electron chi connectivity index (χ1n) is 11.2. The van der Waals surface area contributed by atoms with Crippen LogP contribution < -0.4 is 16.2 Å². The van der Waals surface area contributed by atoms with Crippen molar-refractivity contribution in [1.29, 1.82) is 0 Å². The van der Waals surface area contributed by atoms with Crippen LogP contribution >= 0.6 is 24.4 Å². The number of thioether (sulfide) groups is 1. The van der Waals surface area contributed by atoms with Crippen LogP contribution in [-0.4, -0.2) is 48.1 Å². The molecule has 1 rings (SSSR count). The zero-order chi connectivity index (χ0) is 23.2. The molecular formula is C25H44N2O3S2. The average molecular weight is 485 g/mol. The van der Waals surface area contributed by atoms with Crippen LogP contribution in [-0.2, 0) is 16.0 Å². The van der Waals surface area contributed by atoms with Crippen molar-refractivity contribution >= 4 is 36.1 Å². The van der Waals surface area contributed by atoms with Gasteiger partial charge in [0.25, 0.3) is 0 Å². The van der Waals surface area contributed by atoms with Gasteiger partial charge in [0.05, 0.1) is 12.1 Å². The second-order valence-electron chi connectivity index (χ2n) is 8.75. The van der Waals surface area contributed by atoms with Gasteiger partial charge in [-0.1, -0.05) is 51.6 Å². The Hall–Kier alpha value is -1.02. The largest absolute Gasteiger partial charge is 0.550 e. The highest BCUT2D eigenvalue weighted by Gasteiger charge is 2.25. The second kappa shape index (κ2) is 17.5. The van der Waals surface area contributed by atoms with Crippen LogP contribution in [0.25, 0.3) is 0 Å². The maximum Gasteiger partial charge on any atom is 0.150 e. The number of ketones is 1. The number of hydrogen-bond donors (Lipinski definition) is 3. The van der Waals surface area contributed by atoms with Crippen molar-refractivity contribution in [2.75, 3.05) is 24.3 Å². The third-order valence-corrected chi connectivity index (χ3v) is 7.06. The van der Waals surface area contributed by atoms with Crippen molar-refractivity contribution < 1.29 is 20.4 Å². The van der Waals surface area contributed by atoms with E-state index in [1.54, 1.807) is 11.8 Å². The summed E-state index contributed by atoms with van der Waals surface area (Å²) < 4.78 is 0. The molecule has 4 N–H and O–H groups in total.